The number of hydrogen-bond donors (Lipinski definition) is 1. The molecule has 0 spiro atoms. The van der Waals surface area contributed by atoms with Crippen molar-refractivity contribution in [1.82, 2.24) is 5.16 Å². The number of carbonyl (C=O) groups is 2. The van der Waals surface area contributed by atoms with Gasteiger partial charge in [0.1, 0.15) is 5.76 Å². The SMILES string of the molecule is Cc1cc(NC(=O)[C@@H]2Cc3ccccc3C(=O)O2)no1. The topological polar surface area (TPSA) is 81.4 Å². The minimum absolute atomic E-state index is 0.308. The second kappa shape index (κ2) is 4.80. The fraction of sp³-hybridized carbons (Fsp3) is 0.214. The summed E-state index contributed by atoms with van der Waals surface area (Å²) in [6.45, 7) is 1.72. The number of ether oxygens (including phenoxy) is 1. The number of anilines is 1. The molecule has 6 heteroatoms. The van der Waals surface area contributed by atoms with Crippen LogP contribution in [0.1, 0.15) is 21.7 Å². The molecule has 20 heavy (non-hydrogen) atoms. The first-order chi connectivity index (χ1) is 9.63. The zero-order valence-corrected chi connectivity index (χ0v) is 10.8. The highest BCUT2D eigenvalue weighted by molar-refractivity contribution is 5.99. The van der Waals surface area contributed by atoms with E-state index < -0.39 is 18.0 Å². The van der Waals surface area contributed by atoms with Crippen LogP contribution in [0.5, 0.6) is 0 Å². The summed E-state index contributed by atoms with van der Waals surface area (Å²) in [5, 5.41) is 6.23. The third-order valence-corrected chi connectivity index (χ3v) is 3.06. The number of carbonyl (C=O) groups excluding carboxylic acids is 2. The highest BCUT2D eigenvalue weighted by Crippen LogP contribution is 2.21. The molecule has 102 valence electrons. The number of esters is 1. The van der Waals surface area contributed by atoms with Crippen LogP contribution in [-0.4, -0.2) is 23.1 Å². The molecular formula is C14H12N2O4. The van der Waals surface area contributed by atoms with Gasteiger partial charge in [-0.25, -0.2) is 4.79 Å². The average Bonchev–Trinajstić information content (AvgIpc) is 2.84. The first-order valence-corrected chi connectivity index (χ1v) is 6.16. The number of rotatable bonds is 2. The quantitative estimate of drug-likeness (QED) is 0.841. The third kappa shape index (κ3) is 2.27. The summed E-state index contributed by atoms with van der Waals surface area (Å²) in [6.07, 6.45) is -0.501. The van der Waals surface area contributed by atoms with Crippen molar-refractivity contribution in [3.63, 3.8) is 0 Å². The average molecular weight is 272 g/mol. The smallest absolute Gasteiger partial charge is 0.339 e. The molecule has 0 radical (unpaired) electrons. The van der Waals surface area contributed by atoms with Gasteiger partial charge >= 0.3 is 5.97 Å². The summed E-state index contributed by atoms with van der Waals surface area (Å²) in [5.74, 6) is -0.00169. The van der Waals surface area contributed by atoms with Crippen LogP contribution in [0.25, 0.3) is 0 Å². The van der Waals surface area contributed by atoms with Crippen molar-refractivity contribution in [3.8, 4) is 0 Å². The summed E-state index contributed by atoms with van der Waals surface area (Å²) in [5.41, 5.74) is 1.31. The second-order valence-corrected chi connectivity index (χ2v) is 4.57. The van der Waals surface area contributed by atoms with Crippen LogP contribution in [0.2, 0.25) is 0 Å². The van der Waals surface area contributed by atoms with E-state index in [0.29, 0.717) is 23.6 Å². The zero-order chi connectivity index (χ0) is 14.1. The summed E-state index contributed by atoms with van der Waals surface area (Å²) in [7, 11) is 0. The molecule has 1 atom stereocenters. The molecule has 1 N–H and O–H groups in total. The molecule has 1 aromatic heterocycles. The molecule has 0 saturated heterocycles. The number of aryl methyl sites for hydroxylation is 1. The zero-order valence-electron chi connectivity index (χ0n) is 10.8. The van der Waals surface area contributed by atoms with Crippen molar-refractivity contribution in [1.29, 1.82) is 0 Å². The number of amides is 1. The minimum Gasteiger partial charge on any atom is -0.448 e. The van der Waals surface area contributed by atoms with E-state index in [4.69, 9.17) is 9.26 Å². The van der Waals surface area contributed by atoms with Gasteiger partial charge in [-0.05, 0) is 18.6 Å². The van der Waals surface area contributed by atoms with E-state index in [9.17, 15) is 9.59 Å². The molecule has 2 heterocycles. The minimum atomic E-state index is -0.852. The maximum absolute atomic E-state index is 12.1. The Morgan fingerprint density at radius 2 is 2.20 bits per heavy atom. The fourth-order valence-corrected chi connectivity index (χ4v) is 2.11. The van der Waals surface area contributed by atoms with Gasteiger partial charge in [-0.15, -0.1) is 0 Å². The van der Waals surface area contributed by atoms with Crippen molar-refractivity contribution in [2.75, 3.05) is 5.32 Å². The van der Waals surface area contributed by atoms with E-state index in [2.05, 4.69) is 10.5 Å². The van der Waals surface area contributed by atoms with Gasteiger partial charge in [0.05, 0.1) is 5.56 Å². The van der Waals surface area contributed by atoms with E-state index in [-0.39, 0.29) is 0 Å². The normalized spacial score (nSPS) is 17.2. The number of benzene rings is 1. The largest absolute Gasteiger partial charge is 0.448 e. The predicted molar refractivity (Wildman–Crippen MR) is 69.2 cm³/mol. The van der Waals surface area contributed by atoms with Crippen molar-refractivity contribution in [3.05, 3.63) is 47.2 Å². The first-order valence-electron chi connectivity index (χ1n) is 6.16. The lowest BCUT2D eigenvalue weighted by Gasteiger charge is -2.23. The molecule has 1 aromatic carbocycles. The molecule has 0 aliphatic carbocycles. The number of hydrogen-bond acceptors (Lipinski definition) is 5. The third-order valence-electron chi connectivity index (χ3n) is 3.06. The molecule has 1 amide bonds. The molecule has 0 unspecified atom stereocenters. The second-order valence-electron chi connectivity index (χ2n) is 4.57. The molecule has 6 nitrogen and oxygen atoms in total. The Bertz CT molecular complexity index is 677. The van der Waals surface area contributed by atoms with Gasteiger partial charge in [-0.3, -0.25) is 4.79 Å². The lowest BCUT2D eigenvalue weighted by Crippen LogP contribution is -2.38. The Labute approximate surface area is 114 Å². The van der Waals surface area contributed by atoms with Crippen LogP contribution in [0, 0.1) is 6.92 Å². The molecule has 0 bridgehead atoms. The molecule has 1 aliphatic rings. The van der Waals surface area contributed by atoms with Gasteiger partial charge in [-0.2, -0.15) is 0 Å². The van der Waals surface area contributed by atoms with Crippen LogP contribution >= 0.6 is 0 Å². The van der Waals surface area contributed by atoms with Gasteiger partial charge in [0.25, 0.3) is 5.91 Å². The van der Waals surface area contributed by atoms with Gasteiger partial charge in [0, 0.05) is 12.5 Å². The maximum Gasteiger partial charge on any atom is 0.339 e. The highest BCUT2D eigenvalue weighted by Gasteiger charge is 2.31. The molecule has 0 saturated carbocycles. The number of cyclic esters (lactones) is 1. The van der Waals surface area contributed by atoms with Crippen LogP contribution in [0.4, 0.5) is 5.82 Å². The molecule has 2 aromatic rings. The van der Waals surface area contributed by atoms with Crippen LogP contribution < -0.4 is 5.32 Å². The van der Waals surface area contributed by atoms with Crippen molar-refractivity contribution >= 4 is 17.7 Å². The van der Waals surface area contributed by atoms with Gasteiger partial charge in [0.2, 0.25) is 0 Å². The van der Waals surface area contributed by atoms with Gasteiger partial charge in [-0.1, -0.05) is 23.4 Å². The lowest BCUT2D eigenvalue weighted by molar-refractivity contribution is -0.125. The van der Waals surface area contributed by atoms with Gasteiger partial charge in [0.15, 0.2) is 11.9 Å². The Kier molecular flexibility index (Phi) is 2.98. The van der Waals surface area contributed by atoms with Crippen molar-refractivity contribution < 1.29 is 18.8 Å². The van der Waals surface area contributed by atoms with E-state index in [1.807, 2.05) is 12.1 Å². The number of fused-ring (bicyclic) bond motifs is 1. The number of nitrogens with zero attached hydrogens (tertiary/aromatic N) is 1. The molecule has 3 rings (SSSR count). The van der Waals surface area contributed by atoms with Crippen LogP contribution in [0.3, 0.4) is 0 Å². The molecular weight excluding hydrogens is 260 g/mol. The number of nitrogens with one attached hydrogen (secondary N) is 1. The van der Waals surface area contributed by atoms with E-state index in [1.54, 1.807) is 25.1 Å². The highest BCUT2D eigenvalue weighted by atomic mass is 16.5. The van der Waals surface area contributed by atoms with E-state index >= 15 is 0 Å². The fourth-order valence-electron chi connectivity index (χ4n) is 2.11. The molecule has 0 fully saturated rings. The monoisotopic (exact) mass is 272 g/mol. The summed E-state index contributed by atoms with van der Waals surface area (Å²) in [6, 6.07) is 8.69. The Morgan fingerprint density at radius 1 is 1.40 bits per heavy atom. The van der Waals surface area contributed by atoms with E-state index in [1.165, 1.54) is 0 Å². The number of aromatic nitrogens is 1. The van der Waals surface area contributed by atoms with Crippen molar-refractivity contribution in [2.45, 2.75) is 19.4 Å². The Balaban J connectivity index is 1.76. The first kappa shape index (κ1) is 12.4. The summed E-state index contributed by atoms with van der Waals surface area (Å²) in [4.78, 5) is 23.9. The lowest BCUT2D eigenvalue weighted by atomic mass is 9.98. The van der Waals surface area contributed by atoms with E-state index in [0.717, 1.165) is 5.56 Å². The van der Waals surface area contributed by atoms with Gasteiger partial charge < -0.3 is 14.6 Å². The standard InChI is InChI=1S/C14H12N2O4/c1-8-6-12(16-20-8)15-13(17)11-7-9-4-2-3-5-10(9)14(18)19-11/h2-6,11H,7H2,1H3,(H,15,16,17)/t11-/m0/s1. The summed E-state index contributed by atoms with van der Waals surface area (Å²) < 4.78 is 10.0. The predicted octanol–water partition coefficient (Wildman–Crippen LogP) is 1.70. The van der Waals surface area contributed by atoms with Crippen LogP contribution in [-0.2, 0) is 16.0 Å². The summed E-state index contributed by atoms with van der Waals surface area (Å²) >= 11 is 0. The Hall–Kier alpha value is -2.63. The van der Waals surface area contributed by atoms with Crippen molar-refractivity contribution in [2.24, 2.45) is 0 Å². The Morgan fingerprint density at radius 3 is 2.95 bits per heavy atom. The maximum atomic E-state index is 12.1. The van der Waals surface area contributed by atoms with Crippen LogP contribution in [0.15, 0.2) is 34.9 Å². The molecule has 1 aliphatic heterocycles.